The topological polar surface area (TPSA) is 28.2 Å². The van der Waals surface area contributed by atoms with Crippen molar-refractivity contribution in [1.29, 1.82) is 0 Å². The molecule has 0 N–H and O–H groups in total. The Balaban J connectivity index is 0.000000486. The van der Waals surface area contributed by atoms with Crippen LogP contribution < -0.4 is 0 Å². The van der Waals surface area contributed by atoms with Crippen molar-refractivity contribution in [2.75, 3.05) is 5.75 Å². The Bertz CT molecular complexity index is 345. The molecule has 0 aliphatic heterocycles. The average Bonchev–Trinajstić information content (AvgIpc) is 3.23. The maximum absolute atomic E-state index is 5.09. The van der Waals surface area contributed by atoms with Crippen LogP contribution >= 0.6 is 12.6 Å². The van der Waals surface area contributed by atoms with Crippen LogP contribution in [-0.4, -0.2) is 17.8 Å². The number of hydrogen-bond acceptors (Lipinski definition) is 2. The summed E-state index contributed by atoms with van der Waals surface area (Å²) in [7, 11) is 0. The van der Waals surface area contributed by atoms with E-state index >= 15 is 0 Å². The summed E-state index contributed by atoms with van der Waals surface area (Å²) in [5.74, 6) is 1.64. The largest absolute Gasteiger partial charge is 3.00 e. The summed E-state index contributed by atoms with van der Waals surface area (Å²) >= 11 is 9.72. The van der Waals surface area contributed by atoms with E-state index in [9.17, 15) is 0 Å². The Hall–Kier alpha value is 0.754. The number of rotatable bonds is 6. The van der Waals surface area contributed by atoms with Crippen molar-refractivity contribution in [2.24, 2.45) is 0 Å². The second-order valence-corrected chi connectivity index (χ2v) is 7.98. The standard InChI is InChI=1S/C16H28N2S2.C5H5.Ti/c19-12-11-15(20)16(17-13-7-3-1-4-8-13)18-14-9-5-2-6-10-14;1-2-4-5-3-1;/h13-14,19-20H,1-12H2;1-5H;/q-2;;+3/p-1. The van der Waals surface area contributed by atoms with Gasteiger partial charge in [0.05, 0.1) is 0 Å². The molecule has 3 aliphatic rings. The van der Waals surface area contributed by atoms with E-state index in [0.29, 0.717) is 17.8 Å². The summed E-state index contributed by atoms with van der Waals surface area (Å²) in [4.78, 5) is 1.01. The Morgan fingerprint density at radius 2 is 1.15 bits per heavy atom. The minimum absolute atomic E-state index is 0. The van der Waals surface area contributed by atoms with Gasteiger partial charge < -0.3 is 23.3 Å². The van der Waals surface area contributed by atoms with Crippen LogP contribution in [0.3, 0.4) is 0 Å². The maximum Gasteiger partial charge on any atom is 3.00 e. The molecule has 0 aromatic heterocycles. The first-order valence-electron chi connectivity index (χ1n) is 9.88. The summed E-state index contributed by atoms with van der Waals surface area (Å²) in [6, 6.07) is 0.941. The predicted octanol–water partition coefficient (Wildman–Crippen LogP) is 6.45. The molecular formula is C21H32N2S2Ti. The molecule has 0 atom stereocenters. The summed E-state index contributed by atoms with van der Waals surface area (Å²) < 4.78 is 0. The van der Waals surface area contributed by atoms with E-state index in [1.807, 2.05) is 32.1 Å². The first-order chi connectivity index (χ1) is 12.3. The summed E-state index contributed by atoms with van der Waals surface area (Å²) in [5, 5.41) is 9.88. The fourth-order valence-corrected chi connectivity index (χ4v) is 4.06. The predicted molar refractivity (Wildman–Crippen MR) is 115 cm³/mol. The van der Waals surface area contributed by atoms with Gasteiger partial charge in [-0.1, -0.05) is 69.1 Å². The van der Waals surface area contributed by atoms with Crippen molar-refractivity contribution in [3.8, 4) is 0 Å². The van der Waals surface area contributed by atoms with Crippen LogP contribution in [0, 0.1) is 32.1 Å². The van der Waals surface area contributed by atoms with Crippen molar-refractivity contribution in [2.45, 2.75) is 82.7 Å². The van der Waals surface area contributed by atoms with Crippen LogP contribution in [0.25, 0.3) is 10.6 Å². The summed E-state index contributed by atoms with van der Waals surface area (Å²) in [5.41, 5.74) is 0. The molecule has 0 spiro atoms. The SMILES string of the molecule is [CH]1[CH][CH][CH][CH]1.[S-]CCC(S)=C([N-]C1CCCCC1)[N-]C1CCCCC1.[Ti+3]. The van der Waals surface area contributed by atoms with Gasteiger partial charge in [0, 0.05) is 0 Å². The van der Waals surface area contributed by atoms with Gasteiger partial charge >= 0.3 is 21.7 Å². The van der Waals surface area contributed by atoms with E-state index in [1.165, 1.54) is 64.2 Å². The Morgan fingerprint density at radius 3 is 1.50 bits per heavy atom. The third kappa shape index (κ3) is 10.3. The van der Waals surface area contributed by atoms with E-state index in [-0.39, 0.29) is 21.7 Å². The molecule has 3 saturated carbocycles. The quantitative estimate of drug-likeness (QED) is 0.296. The summed E-state index contributed by atoms with van der Waals surface area (Å²) in [6.45, 7) is 0. The van der Waals surface area contributed by atoms with Gasteiger partial charge in [0.2, 0.25) is 0 Å². The molecule has 3 aliphatic carbocycles. The average molecular weight is 425 g/mol. The summed E-state index contributed by atoms with van der Waals surface area (Å²) in [6.07, 6.45) is 23.7. The molecule has 0 amide bonds. The monoisotopic (exact) mass is 424 g/mol. The molecule has 0 aromatic carbocycles. The van der Waals surface area contributed by atoms with E-state index in [1.54, 1.807) is 0 Å². The minimum atomic E-state index is 0. The molecule has 0 heterocycles. The molecule has 6 radical (unpaired) electrons. The van der Waals surface area contributed by atoms with Crippen LogP contribution in [0.2, 0.25) is 0 Å². The first kappa shape index (κ1) is 24.8. The van der Waals surface area contributed by atoms with Crippen molar-refractivity contribution < 1.29 is 21.7 Å². The number of allylic oxidation sites excluding steroid dienone is 1. The van der Waals surface area contributed by atoms with Gasteiger partial charge in [-0.05, 0) is 38.5 Å². The smallest absolute Gasteiger partial charge is 0.792 e. The van der Waals surface area contributed by atoms with E-state index in [0.717, 1.165) is 17.1 Å². The second-order valence-electron chi connectivity index (χ2n) is 7.03. The normalized spacial score (nSPS) is 21.2. The molecular weight excluding hydrogens is 392 g/mol. The van der Waals surface area contributed by atoms with E-state index in [4.69, 9.17) is 23.3 Å². The van der Waals surface area contributed by atoms with Crippen LogP contribution in [0.5, 0.6) is 0 Å². The number of hydrogen-bond donors (Lipinski definition) is 1. The zero-order valence-corrected chi connectivity index (χ0v) is 19.0. The van der Waals surface area contributed by atoms with Crippen LogP contribution in [0.15, 0.2) is 10.7 Å². The van der Waals surface area contributed by atoms with Gasteiger partial charge in [-0.15, -0.1) is 12.1 Å². The fraction of sp³-hybridized carbons (Fsp3) is 0.667. The van der Waals surface area contributed by atoms with Crippen molar-refractivity contribution >= 4 is 25.3 Å². The van der Waals surface area contributed by atoms with Crippen LogP contribution in [0.4, 0.5) is 0 Å². The van der Waals surface area contributed by atoms with Crippen molar-refractivity contribution in [3.63, 3.8) is 0 Å². The molecule has 26 heavy (non-hydrogen) atoms. The molecule has 0 aromatic rings. The van der Waals surface area contributed by atoms with E-state index < -0.39 is 0 Å². The third-order valence-electron chi connectivity index (χ3n) is 4.91. The molecule has 142 valence electrons. The fourth-order valence-electron chi connectivity index (χ4n) is 3.48. The van der Waals surface area contributed by atoms with Gasteiger partial charge in [0.25, 0.3) is 0 Å². The Kier molecular flexibility index (Phi) is 14.9. The van der Waals surface area contributed by atoms with Crippen molar-refractivity contribution in [3.05, 3.63) is 53.5 Å². The Morgan fingerprint density at radius 1 is 0.769 bits per heavy atom. The van der Waals surface area contributed by atoms with Crippen LogP contribution in [0.1, 0.15) is 70.6 Å². The maximum atomic E-state index is 5.09. The molecule has 0 unspecified atom stereocenters. The van der Waals surface area contributed by atoms with Crippen LogP contribution in [-0.2, 0) is 34.3 Å². The van der Waals surface area contributed by atoms with Gasteiger partial charge in [-0.2, -0.15) is 18.4 Å². The zero-order valence-electron chi connectivity index (χ0n) is 15.8. The number of nitrogens with zero attached hydrogens (tertiary/aromatic N) is 2. The molecule has 5 heteroatoms. The van der Waals surface area contributed by atoms with Gasteiger partial charge in [-0.25, -0.2) is 0 Å². The molecule has 0 bridgehead atoms. The molecule has 3 rings (SSSR count). The van der Waals surface area contributed by atoms with Crippen molar-refractivity contribution in [1.82, 2.24) is 0 Å². The molecule has 3 fully saturated rings. The Labute approximate surface area is 188 Å². The van der Waals surface area contributed by atoms with Gasteiger partial charge in [-0.3, -0.25) is 5.82 Å². The zero-order chi connectivity index (χ0) is 17.7. The third-order valence-corrected chi connectivity index (χ3v) is 5.54. The molecule has 0 saturated heterocycles. The second kappa shape index (κ2) is 15.7. The van der Waals surface area contributed by atoms with E-state index in [2.05, 4.69) is 12.6 Å². The van der Waals surface area contributed by atoms with Gasteiger partial charge in [0.15, 0.2) is 0 Å². The van der Waals surface area contributed by atoms with Gasteiger partial charge in [0.1, 0.15) is 0 Å². The number of thiol groups is 1. The first-order valence-corrected chi connectivity index (χ1v) is 10.9. The molecule has 2 nitrogen and oxygen atoms in total. The minimum Gasteiger partial charge on any atom is -0.792 e.